The molecule has 138 valence electrons. The maximum Gasteiger partial charge on any atom is 0.269 e. The molecular weight excluding hydrogens is 348 g/mol. The number of aryl methyl sites for hydroxylation is 1. The van der Waals surface area contributed by atoms with Gasteiger partial charge >= 0.3 is 0 Å². The van der Waals surface area contributed by atoms with E-state index in [1.807, 2.05) is 13.0 Å². The minimum atomic E-state index is -0.742. The first-order valence-electron chi connectivity index (χ1n) is 8.43. The average Bonchev–Trinajstić information content (AvgIpc) is 2.65. The molecule has 1 aromatic carbocycles. The minimum absolute atomic E-state index is 0.0657. The van der Waals surface area contributed by atoms with Gasteiger partial charge in [-0.2, -0.15) is 5.26 Å². The summed E-state index contributed by atoms with van der Waals surface area (Å²) in [7, 11) is 1.67. The van der Waals surface area contributed by atoms with Crippen molar-refractivity contribution in [1.29, 1.82) is 5.26 Å². The van der Waals surface area contributed by atoms with Gasteiger partial charge in [-0.3, -0.25) is 14.9 Å². The number of hydrogen-bond donors (Lipinski definition) is 1. The number of nitriles is 1. The van der Waals surface area contributed by atoms with Crippen LogP contribution in [-0.2, 0) is 13.5 Å². The molecule has 8 heteroatoms. The van der Waals surface area contributed by atoms with Crippen molar-refractivity contribution in [2.45, 2.75) is 25.7 Å². The van der Waals surface area contributed by atoms with E-state index in [2.05, 4.69) is 0 Å². The fourth-order valence-corrected chi connectivity index (χ4v) is 3.29. The quantitative estimate of drug-likeness (QED) is 0.655. The second-order valence-electron chi connectivity index (χ2n) is 6.30. The summed E-state index contributed by atoms with van der Waals surface area (Å²) >= 11 is 0. The molecule has 0 bridgehead atoms. The van der Waals surface area contributed by atoms with E-state index in [1.165, 1.54) is 24.3 Å². The minimum Gasteiger partial charge on any atom is -0.440 e. The average molecular weight is 366 g/mol. The maximum absolute atomic E-state index is 13.0. The van der Waals surface area contributed by atoms with Gasteiger partial charge in [0.2, 0.25) is 5.88 Å². The molecule has 1 aliphatic rings. The van der Waals surface area contributed by atoms with Crippen LogP contribution in [0.15, 0.2) is 46.6 Å². The number of nitro groups is 1. The van der Waals surface area contributed by atoms with E-state index in [-0.39, 0.29) is 22.7 Å². The summed E-state index contributed by atoms with van der Waals surface area (Å²) in [4.78, 5) is 23.4. The van der Waals surface area contributed by atoms with E-state index in [4.69, 9.17) is 10.5 Å². The van der Waals surface area contributed by atoms with Gasteiger partial charge in [0, 0.05) is 30.9 Å². The standard InChI is InChI=1S/C19H18N4O4/c1-3-4-13-9-15-17(19(24)22(13)2)16(14(10-20)18(21)27-15)11-5-7-12(8-6-11)23(25)26/h5-9,16H,3-4,21H2,1-2H3. The van der Waals surface area contributed by atoms with E-state index in [1.54, 1.807) is 17.7 Å². The molecule has 0 saturated heterocycles. The van der Waals surface area contributed by atoms with Gasteiger partial charge in [-0.25, -0.2) is 0 Å². The van der Waals surface area contributed by atoms with Gasteiger partial charge in [0.05, 0.1) is 16.4 Å². The number of rotatable bonds is 4. The molecule has 8 nitrogen and oxygen atoms in total. The van der Waals surface area contributed by atoms with Crippen LogP contribution in [0, 0.1) is 21.4 Å². The Morgan fingerprint density at radius 3 is 2.59 bits per heavy atom. The maximum atomic E-state index is 13.0. The molecule has 27 heavy (non-hydrogen) atoms. The fourth-order valence-electron chi connectivity index (χ4n) is 3.29. The molecule has 1 aromatic heterocycles. The summed E-state index contributed by atoms with van der Waals surface area (Å²) in [5.74, 6) is -0.487. The Morgan fingerprint density at radius 1 is 1.37 bits per heavy atom. The smallest absolute Gasteiger partial charge is 0.269 e. The van der Waals surface area contributed by atoms with E-state index in [9.17, 15) is 20.2 Å². The molecule has 1 aliphatic heterocycles. The van der Waals surface area contributed by atoms with Crippen LogP contribution in [0.5, 0.6) is 5.75 Å². The van der Waals surface area contributed by atoms with Crippen molar-refractivity contribution in [3.05, 3.63) is 79.1 Å². The third-order valence-electron chi connectivity index (χ3n) is 4.66. The Balaban J connectivity index is 2.24. The zero-order valence-electron chi connectivity index (χ0n) is 14.9. The molecule has 0 fully saturated rings. The van der Waals surface area contributed by atoms with Crippen molar-refractivity contribution in [2.75, 3.05) is 0 Å². The SMILES string of the molecule is CCCc1cc2c(c(=O)n1C)C(c1ccc([N+](=O)[O-])cc1)C(C#N)=C(N)O2. The normalized spacial score (nSPS) is 15.7. The third kappa shape index (κ3) is 3.04. The number of nitro benzene ring substituents is 1. The molecule has 0 radical (unpaired) electrons. The third-order valence-corrected chi connectivity index (χ3v) is 4.66. The van der Waals surface area contributed by atoms with Crippen molar-refractivity contribution >= 4 is 5.69 Å². The summed E-state index contributed by atoms with van der Waals surface area (Å²) in [5.41, 5.74) is 7.36. The van der Waals surface area contributed by atoms with Gasteiger partial charge in [0.1, 0.15) is 17.4 Å². The van der Waals surface area contributed by atoms with Crippen LogP contribution in [0.25, 0.3) is 0 Å². The molecule has 2 N–H and O–H groups in total. The Bertz CT molecular complexity index is 1050. The van der Waals surface area contributed by atoms with E-state index in [0.717, 1.165) is 12.1 Å². The molecule has 0 amide bonds. The number of hydrogen-bond acceptors (Lipinski definition) is 6. The molecule has 2 heterocycles. The zero-order valence-corrected chi connectivity index (χ0v) is 14.9. The zero-order chi connectivity index (χ0) is 19.7. The van der Waals surface area contributed by atoms with Crippen molar-refractivity contribution in [2.24, 2.45) is 12.8 Å². The predicted octanol–water partition coefficient (Wildman–Crippen LogP) is 2.46. The summed E-state index contributed by atoms with van der Waals surface area (Å²) in [6.07, 6.45) is 1.55. The van der Waals surface area contributed by atoms with Crippen LogP contribution >= 0.6 is 0 Å². The lowest BCUT2D eigenvalue weighted by Crippen LogP contribution is -2.32. The molecule has 0 saturated carbocycles. The van der Waals surface area contributed by atoms with Gasteiger partial charge in [-0.05, 0) is 12.0 Å². The largest absolute Gasteiger partial charge is 0.440 e. The molecule has 1 atom stereocenters. The van der Waals surface area contributed by atoms with Crippen molar-refractivity contribution < 1.29 is 9.66 Å². The van der Waals surface area contributed by atoms with Crippen LogP contribution in [0.4, 0.5) is 5.69 Å². The second-order valence-corrected chi connectivity index (χ2v) is 6.30. The molecule has 2 aromatic rings. The number of nitrogens with zero attached hydrogens (tertiary/aromatic N) is 3. The van der Waals surface area contributed by atoms with Gasteiger partial charge in [-0.15, -0.1) is 0 Å². The Labute approximate surface area is 155 Å². The molecule has 1 unspecified atom stereocenters. The van der Waals surface area contributed by atoms with E-state index < -0.39 is 10.8 Å². The predicted molar refractivity (Wildman–Crippen MR) is 98.1 cm³/mol. The van der Waals surface area contributed by atoms with Crippen LogP contribution in [-0.4, -0.2) is 9.49 Å². The lowest BCUT2D eigenvalue weighted by atomic mass is 9.84. The van der Waals surface area contributed by atoms with Crippen LogP contribution in [0.2, 0.25) is 0 Å². The van der Waals surface area contributed by atoms with Gasteiger partial charge in [-0.1, -0.05) is 25.5 Å². The lowest BCUT2D eigenvalue weighted by Gasteiger charge is -2.27. The fraction of sp³-hybridized carbons (Fsp3) is 0.263. The number of benzene rings is 1. The van der Waals surface area contributed by atoms with Crippen LogP contribution < -0.4 is 16.0 Å². The first-order valence-corrected chi connectivity index (χ1v) is 8.43. The summed E-state index contributed by atoms with van der Waals surface area (Å²) in [6.45, 7) is 2.01. The summed E-state index contributed by atoms with van der Waals surface area (Å²) in [5, 5.41) is 20.5. The highest BCUT2D eigenvalue weighted by atomic mass is 16.6. The van der Waals surface area contributed by atoms with Crippen molar-refractivity contribution in [1.82, 2.24) is 4.57 Å². The Morgan fingerprint density at radius 2 is 2.04 bits per heavy atom. The Kier molecular flexibility index (Phi) is 4.69. The van der Waals surface area contributed by atoms with Crippen molar-refractivity contribution in [3.63, 3.8) is 0 Å². The first-order chi connectivity index (χ1) is 12.9. The van der Waals surface area contributed by atoms with Crippen molar-refractivity contribution in [3.8, 4) is 11.8 Å². The monoisotopic (exact) mass is 366 g/mol. The number of nitrogens with two attached hydrogens (primary N) is 1. The number of ether oxygens (including phenoxy) is 1. The van der Waals surface area contributed by atoms with E-state index in [0.29, 0.717) is 23.3 Å². The number of pyridine rings is 1. The highest BCUT2D eigenvalue weighted by Crippen LogP contribution is 2.40. The molecular formula is C19H18N4O4. The molecule has 3 rings (SSSR count). The van der Waals surface area contributed by atoms with E-state index >= 15 is 0 Å². The highest BCUT2D eigenvalue weighted by molar-refractivity contribution is 5.56. The number of allylic oxidation sites excluding steroid dienone is 1. The highest BCUT2D eigenvalue weighted by Gasteiger charge is 2.34. The Hall–Kier alpha value is -3.60. The molecule has 0 spiro atoms. The first kappa shape index (κ1) is 18.2. The van der Waals surface area contributed by atoms with Gasteiger partial charge in [0.15, 0.2) is 0 Å². The summed E-state index contributed by atoms with van der Waals surface area (Å²) in [6, 6.07) is 9.52. The van der Waals surface area contributed by atoms with Gasteiger partial charge in [0.25, 0.3) is 11.2 Å². The topological polar surface area (TPSA) is 124 Å². The number of non-ortho nitro benzene ring substituents is 1. The van der Waals surface area contributed by atoms with Crippen LogP contribution in [0.3, 0.4) is 0 Å². The number of fused-ring (bicyclic) bond motifs is 1. The number of aromatic nitrogens is 1. The van der Waals surface area contributed by atoms with Crippen LogP contribution in [0.1, 0.15) is 36.1 Å². The summed E-state index contributed by atoms with van der Waals surface area (Å²) < 4.78 is 7.13. The molecule has 0 aliphatic carbocycles. The second kappa shape index (κ2) is 6.96. The van der Waals surface area contributed by atoms with Gasteiger partial charge < -0.3 is 15.0 Å². The lowest BCUT2D eigenvalue weighted by molar-refractivity contribution is -0.384.